The standard InChI is InChI=1S/C17H19N5/c1-2-22(13-16-19-10-11-20-16)17-8-9-18-15(21-17)12-14-6-4-3-5-7-14/h3-11H,2,12-13H2,1H3,(H,19,20). The van der Waals surface area contributed by atoms with Crippen LogP contribution in [0.25, 0.3) is 0 Å². The van der Waals surface area contributed by atoms with Crippen LogP contribution in [0, 0.1) is 0 Å². The Morgan fingerprint density at radius 3 is 2.64 bits per heavy atom. The number of nitrogens with one attached hydrogen (secondary N) is 1. The lowest BCUT2D eigenvalue weighted by Crippen LogP contribution is -2.24. The molecule has 1 aromatic carbocycles. The van der Waals surface area contributed by atoms with Crippen molar-refractivity contribution in [2.45, 2.75) is 19.9 Å². The van der Waals surface area contributed by atoms with Crippen molar-refractivity contribution in [2.24, 2.45) is 0 Å². The first-order chi connectivity index (χ1) is 10.8. The van der Waals surface area contributed by atoms with Crippen LogP contribution in [0.2, 0.25) is 0 Å². The first kappa shape index (κ1) is 14.3. The van der Waals surface area contributed by atoms with E-state index < -0.39 is 0 Å². The van der Waals surface area contributed by atoms with E-state index in [2.05, 4.69) is 38.9 Å². The fraction of sp³-hybridized carbons (Fsp3) is 0.235. The fourth-order valence-electron chi connectivity index (χ4n) is 2.35. The maximum Gasteiger partial charge on any atom is 0.135 e. The molecule has 0 aliphatic rings. The van der Waals surface area contributed by atoms with Crippen LogP contribution in [0.3, 0.4) is 0 Å². The van der Waals surface area contributed by atoms with Gasteiger partial charge in [0, 0.05) is 31.6 Å². The van der Waals surface area contributed by atoms with Crippen LogP contribution in [0.5, 0.6) is 0 Å². The van der Waals surface area contributed by atoms with Crippen LogP contribution < -0.4 is 4.90 Å². The molecule has 1 N–H and O–H groups in total. The van der Waals surface area contributed by atoms with Crippen LogP contribution in [0.15, 0.2) is 55.0 Å². The molecule has 3 aromatic rings. The van der Waals surface area contributed by atoms with Gasteiger partial charge in [-0.15, -0.1) is 0 Å². The Bertz CT molecular complexity index is 694. The Labute approximate surface area is 130 Å². The Balaban J connectivity index is 1.77. The molecule has 0 radical (unpaired) electrons. The molecule has 0 aliphatic carbocycles. The molecule has 2 heterocycles. The lowest BCUT2D eigenvalue weighted by Gasteiger charge is -2.21. The van der Waals surface area contributed by atoms with Crippen LogP contribution >= 0.6 is 0 Å². The predicted molar refractivity (Wildman–Crippen MR) is 86.6 cm³/mol. The molecule has 0 aliphatic heterocycles. The molecule has 22 heavy (non-hydrogen) atoms. The number of hydrogen-bond donors (Lipinski definition) is 1. The third-order valence-electron chi connectivity index (χ3n) is 3.50. The van der Waals surface area contributed by atoms with E-state index >= 15 is 0 Å². The molecule has 0 atom stereocenters. The largest absolute Gasteiger partial charge is 0.349 e. The fourth-order valence-corrected chi connectivity index (χ4v) is 2.35. The molecular weight excluding hydrogens is 274 g/mol. The van der Waals surface area contributed by atoms with Gasteiger partial charge in [0.25, 0.3) is 0 Å². The first-order valence-corrected chi connectivity index (χ1v) is 7.44. The highest BCUT2D eigenvalue weighted by Gasteiger charge is 2.09. The van der Waals surface area contributed by atoms with E-state index in [-0.39, 0.29) is 0 Å². The number of H-pyrrole nitrogens is 1. The van der Waals surface area contributed by atoms with Gasteiger partial charge in [0.2, 0.25) is 0 Å². The third kappa shape index (κ3) is 3.49. The zero-order valence-corrected chi connectivity index (χ0v) is 12.6. The molecule has 0 fully saturated rings. The summed E-state index contributed by atoms with van der Waals surface area (Å²) in [5, 5.41) is 0. The smallest absolute Gasteiger partial charge is 0.135 e. The van der Waals surface area contributed by atoms with Gasteiger partial charge in [0.05, 0.1) is 6.54 Å². The summed E-state index contributed by atoms with van der Waals surface area (Å²) in [6.07, 6.45) is 6.17. The molecule has 0 saturated carbocycles. The second kappa shape index (κ2) is 6.85. The van der Waals surface area contributed by atoms with Gasteiger partial charge in [-0.3, -0.25) is 0 Å². The maximum absolute atomic E-state index is 4.69. The van der Waals surface area contributed by atoms with E-state index in [9.17, 15) is 0 Å². The van der Waals surface area contributed by atoms with Gasteiger partial charge in [-0.25, -0.2) is 15.0 Å². The quantitative estimate of drug-likeness (QED) is 0.759. The average molecular weight is 293 g/mol. The van der Waals surface area contributed by atoms with E-state index in [0.29, 0.717) is 6.54 Å². The number of hydrogen-bond acceptors (Lipinski definition) is 4. The summed E-state index contributed by atoms with van der Waals surface area (Å²) < 4.78 is 0. The van der Waals surface area contributed by atoms with Crippen LogP contribution in [-0.4, -0.2) is 26.5 Å². The van der Waals surface area contributed by atoms with E-state index in [1.54, 1.807) is 6.20 Å². The highest BCUT2D eigenvalue weighted by Crippen LogP contribution is 2.14. The van der Waals surface area contributed by atoms with Crippen molar-refractivity contribution < 1.29 is 0 Å². The number of nitrogens with zero attached hydrogens (tertiary/aromatic N) is 4. The zero-order chi connectivity index (χ0) is 15.2. The molecule has 0 saturated heterocycles. The summed E-state index contributed by atoms with van der Waals surface area (Å²) in [6, 6.07) is 12.2. The Morgan fingerprint density at radius 2 is 1.91 bits per heavy atom. The van der Waals surface area contributed by atoms with E-state index in [4.69, 9.17) is 4.98 Å². The lowest BCUT2D eigenvalue weighted by atomic mass is 10.1. The topological polar surface area (TPSA) is 57.7 Å². The average Bonchev–Trinajstić information content (AvgIpc) is 3.07. The first-order valence-electron chi connectivity index (χ1n) is 7.44. The van der Waals surface area contributed by atoms with Gasteiger partial charge >= 0.3 is 0 Å². The minimum absolute atomic E-state index is 0.714. The second-order valence-corrected chi connectivity index (χ2v) is 5.04. The van der Waals surface area contributed by atoms with Gasteiger partial charge < -0.3 is 9.88 Å². The minimum atomic E-state index is 0.714. The number of imidazole rings is 1. The van der Waals surface area contributed by atoms with Gasteiger partial charge in [-0.1, -0.05) is 30.3 Å². The van der Waals surface area contributed by atoms with Crippen LogP contribution in [-0.2, 0) is 13.0 Å². The van der Waals surface area contributed by atoms with Crippen molar-refractivity contribution in [3.63, 3.8) is 0 Å². The second-order valence-electron chi connectivity index (χ2n) is 5.04. The van der Waals surface area contributed by atoms with E-state index in [1.165, 1.54) is 5.56 Å². The lowest BCUT2D eigenvalue weighted by molar-refractivity contribution is 0.769. The van der Waals surface area contributed by atoms with Crippen molar-refractivity contribution in [1.29, 1.82) is 0 Å². The van der Waals surface area contributed by atoms with Crippen molar-refractivity contribution in [3.8, 4) is 0 Å². The number of aromatic amines is 1. The molecule has 0 spiro atoms. The number of aromatic nitrogens is 4. The van der Waals surface area contributed by atoms with Gasteiger partial charge in [-0.2, -0.15) is 0 Å². The van der Waals surface area contributed by atoms with Crippen molar-refractivity contribution in [3.05, 3.63) is 72.2 Å². The summed E-state index contributed by atoms with van der Waals surface area (Å²) in [7, 11) is 0. The van der Waals surface area contributed by atoms with Crippen molar-refractivity contribution >= 4 is 5.82 Å². The van der Waals surface area contributed by atoms with Gasteiger partial charge in [-0.05, 0) is 18.6 Å². The minimum Gasteiger partial charge on any atom is -0.349 e. The molecule has 3 rings (SSSR count). The van der Waals surface area contributed by atoms with Crippen molar-refractivity contribution in [1.82, 2.24) is 19.9 Å². The number of benzene rings is 1. The van der Waals surface area contributed by atoms with Gasteiger partial charge in [0.15, 0.2) is 0 Å². The summed E-state index contributed by atoms with van der Waals surface area (Å²) in [4.78, 5) is 18.7. The molecular formula is C17H19N5. The Hall–Kier alpha value is -2.69. The normalized spacial score (nSPS) is 10.6. The SMILES string of the molecule is CCN(Cc1ncc[nH]1)c1ccnc(Cc2ccccc2)n1. The van der Waals surface area contributed by atoms with Gasteiger partial charge in [0.1, 0.15) is 17.5 Å². The molecule has 112 valence electrons. The highest BCUT2D eigenvalue weighted by molar-refractivity contribution is 5.38. The zero-order valence-electron chi connectivity index (χ0n) is 12.6. The summed E-state index contributed by atoms with van der Waals surface area (Å²) in [5.74, 6) is 2.70. The summed E-state index contributed by atoms with van der Waals surface area (Å²) in [5.41, 5.74) is 1.22. The molecule has 2 aromatic heterocycles. The third-order valence-corrected chi connectivity index (χ3v) is 3.50. The van der Waals surface area contributed by atoms with E-state index in [1.807, 2.05) is 36.7 Å². The Kier molecular flexibility index (Phi) is 4.44. The van der Waals surface area contributed by atoms with E-state index in [0.717, 1.165) is 30.4 Å². The summed E-state index contributed by atoms with van der Waals surface area (Å²) >= 11 is 0. The highest BCUT2D eigenvalue weighted by atomic mass is 15.2. The summed E-state index contributed by atoms with van der Waals surface area (Å²) in [6.45, 7) is 3.69. The number of rotatable bonds is 6. The Morgan fingerprint density at radius 1 is 1.05 bits per heavy atom. The molecule has 0 amide bonds. The van der Waals surface area contributed by atoms with Crippen LogP contribution in [0.4, 0.5) is 5.82 Å². The van der Waals surface area contributed by atoms with Crippen LogP contribution in [0.1, 0.15) is 24.1 Å². The molecule has 0 bridgehead atoms. The number of anilines is 1. The monoisotopic (exact) mass is 293 g/mol. The van der Waals surface area contributed by atoms with Crippen molar-refractivity contribution in [2.75, 3.05) is 11.4 Å². The maximum atomic E-state index is 4.69. The molecule has 5 nitrogen and oxygen atoms in total. The molecule has 0 unspecified atom stereocenters. The molecule has 5 heteroatoms. The predicted octanol–water partition coefficient (Wildman–Crippen LogP) is 2.82.